The molecule has 0 radical (unpaired) electrons. The second kappa shape index (κ2) is 6.41. The molecule has 0 bridgehead atoms. The molecule has 19 heavy (non-hydrogen) atoms. The zero-order valence-corrected chi connectivity index (χ0v) is 14.3. The maximum absolute atomic E-state index is 11.6. The SMILES string of the molecule is CN(CC1CC(Br)C1)CC1CCCN(S(C)(=O)=O)C1. The summed E-state index contributed by atoms with van der Waals surface area (Å²) in [7, 11) is -0.842. The summed E-state index contributed by atoms with van der Waals surface area (Å²) < 4.78 is 24.8. The van der Waals surface area contributed by atoms with Gasteiger partial charge in [0.2, 0.25) is 10.0 Å². The lowest BCUT2D eigenvalue weighted by atomic mass is 9.84. The first kappa shape index (κ1) is 15.7. The van der Waals surface area contributed by atoms with Crippen molar-refractivity contribution in [1.29, 1.82) is 0 Å². The number of hydrogen-bond acceptors (Lipinski definition) is 3. The summed E-state index contributed by atoms with van der Waals surface area (Å²) in [5.41, 5.74) is 0. The summed E-state index contributed by atoms with van der Waals surface area (Å²) in [4.78, 5) is 3.11. The molecule has 1 atom stereocenters. The van der Waals surface area contributed by atoms with Crippen LogP contribution < -0.4 is 0 Å². The number of hydrogen-bond donors (Lipinski definition) is 0. The fourth-order valence-electron chi connectivity index (χ4n) is 3.24. The average molecular weight is 353 g/mol. The van der Waals surface area contributed by atoms with Gasteiger partial charge in [0.15, 0.2) is 0 Å². The van der Waals surface area contributed by atoms with Crippen molar-refractivity contribution in [2.45, 2.75) is 30.5 Å². The highest BCUT2D eigenvalue weighted by Crippen LogP contribution is 2.33. The van der Waals surface area contributed by atoms with Crippen molar-refractivity contribution in [3.05, 3.63) is 0 Å². The summed E-state index contributed by atoms with van der Waals surface area (Å²) in [6, 6.07) is 0. The summed E-state index contributed by atoms with van der Waals surface area (Å²) in [6.07, 6.45) is 6.04. The Morgan fingerprint density at radius 1 is 1.26 bits per heavy atom. The summed E-state index contributed by atoms with van der Waals surface area (Å²) in [5.74, 6) is 1.32. The van der Waals surface area contributed by atoms with Crippen LogP contribution in [0.15, 0.2) is 0 Å². The standard InChI is InChI=1S/C13H25BrN2O2S/c1-15(9-12-6-13(14)7-12)8-11-4-3-5-16(10-11)19(2,17)18/h11-13H,3-10H2,1-2H3. The molecule has 1 saturated carbocycles. The molecule has 2 fully saturated rings. The van der Waals surface area contributed by atoms with Gasteiger partial charge in [-0.25, -0.2) is 12.7 Å². The second-order valence-corrected chi connectivity index (χ2v) is 9.56. The number of alkyl halides is 1. The van der Waals surface area contributed by atoms with E-state index in [9.17, 15) is 8.42 Å². The lowest BCUT2D eigenvalue weighted by Crippen LogP contribution is -2.44. The Kier molecular flexibility index (Phi) is 5.31. The third-order valence-corrected chi connectivity index (χ3v) is 6.29. The molecule has 1 aliphatic carbocycles. The molecule has 1 aliphatic heterocycles. The largest absolute Gasteiger partial charge is 0.306 e. The van der Waals surface area contributed by atoms with E-state index in [2.05, 4.69) is 27.9 Å². The summed E-state index contributed by atoms with van der Waals surface area (Å²) in [6.45, 7) is 3.58. The zero-order valence-electron chi connectivity index (χ0n) is 11.9. The van der Waals surface area contributed by atoms with E-state index in [1.165, 1.54) is 19.1 Å². The van der Waals surface area contributed by atoms with Crippen molar-refractivity contribution in [2.75, 3.05) is 39.5 Å². The van der Waals surface area contributed by atoms with Crippen LogP contribution in [0.2, 0.25) is 0 Å². The van der Waals surface area contributed by atoms with E-state index in [-0.39, 0.29) is 0 Å². The molecule has 0 aromatic heterocycles. The van der Waals surface area contributed by atoms with E-state index in [0.29, 0.717) is 19.0 Å². The van der Waals surface area contributed by atoms with Gasteiger partial charge in [-0.15, -0.1) is 0 Å². The lowest BCUT2D eigenvalue weighted by Gasteiger charge is -2.37. The maximum atomic E-state index is 11.6. The Bertz CT molecular complexity index is 395. The highest BCUT2D eigenvalue weighted by molar-refractivity contribution is 9.09. The quantitative estimate of drug-likeness (QED) is 0.708. The van der Waals surface area contributed by atoms with E-state index in [1.807, 2.05) is 0 Å². The van der Waals surface area contributed by atoms with Gasteiger partial charge in [-0.3, -0.25) is 0 Å². The molecule has 0 aromatic carbocycles. The smallest absolute Gasteiger partial charge is 0.211 e. The first-order valence-electron chi connectivity index (χ1n) is 7.12. The van der Waals surface area contributed by atoms with Crippen molar-refractivity contribution < 1.29 is 8.42 Å². The molecule has 1 saturated heterocycles. The van der Waals surface area contributed by atoms with E-state index >= 15 is 0 Å². The van der Waals surface area contributed by atoms with Crippen molar-refractivity contribution in [3.8, 4) is 0 Å². The van der Waals surface area contributed by atoms with Gasteiger partial charge in [0.05, 0.1) is 6.26 Å². The van der Waals surface area contributed by atoms with Crippen molar-refractivity contribution in [2.24, 2.45) is 11.8 Å². The third kappa shape index (κ3) is 4.69. The lowest BCUT2D eigenvalue weighted by molar-refractivity contribution is 0.161. The molecular formula is C13H25BrN2O2S. The monoisotopic (exact) mass is 352 g/mol. The van der Waals surface area contributed by atoms with E-state index in [4.69, 9.17) is 0 Å². The average Bonchev–Trinajstić information content (AvgIpc) is 2.26. The summed E-state index contributed by atoms with van der Waals surface area (Å²) >= 11 is 3.63. The Balaban J connectivity index is 1.75. The second-order valence-electron chi connectivity index (χ2n) is 6.29. The highest BCUT2D eigenvalue weighted by Gasteiger charge is 2.30. The van der Waals surface area contributed by atoms with Crippen molar-refractivity contribution >= 4 is 26.0 Å². The minimum atomic E-state index is -3.01. The van der Waals surface area contributed by atoms with Crippen LogP contribution in [0, 0.1) is 11.8 Å². The predicted molar refractivity (Wildman–Crippen MR) is 82.1 cm³/mol. The van der Waals surface area contributed by atoms with Crippen molar-refractivity contribution in [1.82, 2.24) is 9.21 Å². The molecule has 0 spiro atoms. The number of nitrogens with zero attached hydrogens (tertiary/aromatic N) is 2. The van der Waals surface area contributed by atoms with Crippen LogP contribution in [0.5, 0.6) is 0 Å². The minimum absolute atomic E-state index is 0.494. The first-order chi connectivity index (χ1) is 8.84. The number of halogens is 1. The molecule has 0 N–H and O–H groups in total. The van der Waals surface area contributed by atoms with Crippen LogP contribution >= 0.6 is 15.9 Å². The fourth-order valence-corrected chi connectivity index (χ4v) is 5.24. The molecule has 1 heterocycles. The van der Waals surface area contributed by atoms with Crippen LogP contribution in [0.4, 0.5) is 0 Å². The van der Waals surface area contributed by atoms with Crippen LogP contribution in [0.25, 0.3) is 0 Å². The molecule has 0 amide bonds. The third-order valence-electron chi connectivity index (χ3n) is 4.27. The van der Waals surface area contributed by atoms with Gasteiger partial charge in [-0.2, -0.15) is 0 Å². The highest BCUT2D eigenvalue weighted by atomic mass is 79.9. The van der Waals surface area contributed by atoms with Crippen LogP contribution in [0.3, 0.4) is 0 Å². The minimum Gasteiger partial charge on any atom is -0.306 e. The zero-order chi connectivity index (χ0) is 14.0. The van der Waals surface area contributed by atoms with Crippen LogP contribution in [0.1, 0.15) is 25.7 Å². The molecule has 2 aliphatic rings. The van der Waals surface area contributed by atoms with Crippen LogP contribution in [-0.4, -0.2) is 61.9 Å². The topological polar surface area (TPSA) is 40.6 Å². The van der Waals surface area contributed by atoms with Gasteiger partial charge in [0.1, 0.15) is 0 Å². The predicted octanol–water partition coefficient (Wildman–Crippen LogP) is 1.76. The van der Waals surface area contributed by atoms with Crippen LogP contribution in [-0.2, 0) is 10.0 Å². The summed E-state index contributed by atoms with van der Waals surface area (Å²) in [5, 5.41) is 0. The van der Waals surface area contributed by atoms with Gasteiger partial charge < -0.3 is 4.90 Å². The molecule has 0 aromatic rings. The molecule has 2 rings (SSSR count). The van der Waals surface area contributed by atoms with E-state index in [0.717, 1.165) is 36.7 Å². The normalized spacial score (nSPS) is 33.4. The van der Waals surface area contributed by atoms with Gasteiger partial charge >= 0.3 is 0 Å². The number of piperidine rings is 1. The fraction of sp³-hybridized carbons (Fsp3) is 1.00. The molecular weight excluding hydrogens is 328 g/mol. The first-order valence-corrected chi connectivity index (χ1v) is 9.88. The molecule has 112 valence electrons. The van der Waals surface area contributed by atoms with E-state index in [1.54, 1.807) is 4.31 Å². The van der Waals surface area contributed by atoms with Gasteiger partial charge in [0.25, 0.3) is 0 Å². The maximum Gasteiger partial charge on any atom is 0.211 e. The van der Waals surface area contributed by atoms with Crippen molar-refractivity contribution in [3.63, 3.8) is 0 Å². The number of sulfonamides is 1. The molecule has 6 heteroatoms. The van der Waals surface area contributed by atoms with Gasteiger partial charge in [0, 0.05) is 31.0 Å². The Morgan fingerprint density at radius 3 is 2.47 bits per heavy atom. The molecule has 4 nitrogen and oxygen atoms in total. The Morgan fingerprint density at radius 2 is 1.89 bits per heavy atom. The number of rotatable bonds is 5. The molecule has 1 unspecified atom stereocenters. The Labute approximate surface area is 125 Å². The van der Waals surface area contributed by atoms with Gasteiger partial charge in [-0.05, 0) is 44.6 Å². The van der Waals surface area contributed by atoms with Gasteiger partial charge in [-0.1, -0.05) is 15.9 Å². The Hall–Kier alpha value is 0.350. The van der Waals surface area contributed by atoms with E-state index < -0.39 is 10.0 Å².